The third kappa shape index (κ3) is 2.74. The van der Waals surface area contributed by atoms with E-state index in [-0.39, 0.29) is 11.9 Å². The van der Waals surface area contributed by atoms with Crippen LogP contribution in [0.5, 0.6) is 0 Å². The number of amides is 1. The summed E-state index contributed by atoms with van der Waals surface area (Å²) in [6.07, 6.45) is 4.87. The summed E-state index contributed by atoms with van der Waals surface area (Å²) in [5.74, 6) is 0.710. The number of anilines is 2. The maximum atomic E-state index is 12.4. The van der Waals surface area contributed by atoms with Gasteiger partial charge in [-0.2, -0.15) is 0 Å². The zero-order valence-electron chi connectivity index (χ0n) is 12.0. The van der Waals surface area contributed by atoms with Gasteiger partial charge in [0.15, 0.2) is 0 Å². The van der Waals surface area contributed by atoms with Crippen LogP contribution in [0.25, 0.3) is 0 Å². The lowest BCUT2D eigenvalue weighted by molar-refractivity contribution is -0.122. The lowest BCUT2D eigenvalue weighted by Gasteiger charge is -2.33. The molecule has 1 heterocycles. The van der Waals surface area contributed by atoms with Gasteiger partial charge in [0.1, 0.15) is 6.04 Å². The summed E-state index contributed by atoms with van der Waals surface area (Å²) in [5.41, 5.74) is 2.08. The Balaban J connectivity index is 1.61. The topological polar surface area (TPSA) is 53.2 Å². The van der Waals surface area contributed by atoms with Crippen LogP contribution in [0.1, 0.15) is 32.6 Å². The third-order valence-electron chi connectivity index (χ3n) is 4.51. The summed E-state index contributed by atoms with van der Waals surface area (Å²) < 4.78 is 0. The van der Waals surface area contributed by atoms with Gasteiger partial charge in [-0.25, -0.2) is 0 Å². The Hall–Kier alpha value is -1.71. The van der Waals surface area contributed by atoms with Gasteiger partial charge in [-0.1, -0.05) is 31.9 Å². The van der Waals surface area contributed by atoms with Crippen molar-refractivity contribution < 1.29 is 4.79 Å². The Bertz CT molecular complexity index is 488. The van der Waals surface area contributed by atoms with Gasteiger partial charge in [-0.3, -0.25) is 4.79 Å². The maximum absolute atomic E-state index is 12.4. The van der Waals surface area contributed by atoms with Gasteiger partial charge < -0.3 is 16.0 Å². The summed E-state index contributed by atoms with van der Waals surface area (Å²) in [6.45, 7) is 2.88. The van der Waals surface area contributed by atoms with Crippen molar-refractivity contribution in [2.45, 2.75) is 44.7 Å². The van der Waals surface area contributed by atoms with E-state index in [1.54, 1.807) is 0 Å². The summed E-state index contributed by atoms with van der Waals surface area (Å²) in [5, 5.41) is 9.87. The van der Waals surface area contributed by atoms with E-state index in [9.17, 15) is 4.79 Å². The van der Waals surface area contributed by atoms with E-state index in [1.807, 2.05) is 24.3 Å². The van der Waals surface area contributed by atoms with Crippen molar-refractivity contribution in [3.8, 4) is 0 Å². The highest BCUT2D eigenvalue weighted by atomic mass is 16.2. The molecule has 0 bridgehead atoms. The molecule has 0 aromatic heterocycles. The van der Waals surface area contributed by atoms with Crippen molar-refractivity contribution in [2.75, 3.05) is 17.2 Å². The molecule has 4 nitrogen and oxygen atoms in total. The highest BCUT2D eigenvalue weighted by Gasteiger charge is 2.28. The molecule has 1 aliphatic carbocycles. The molecule has 4 heteroatoms. The molecule has 1 fully saturated rings. The molecule has 2 aliphatic rings. The van der Waals surface area contributed by atoms with Crippen molar-refractivity contribution >= 4 is 17.3 Å². The first kappa shape index (κ1) is 13.3. The predicted molar refractivity (Wildman–Crippen MR) is 81.9 cm³/mol. The van der Waals surface area contributed by atoms with Crippen molar-refractivity contribution in [1.82, 2.24) is 5.32 Å². The zero-order valence-corrected chi connectivity index (χ0v) is 12.0. The van der Waals surface area contributed by atoms with Gasteiger partial charge in [0, 0.05) is 12.6 Å². The van der Waals surface area contributed by atoms with Crippen LogP contribution < -0.4 is 16.0 Å². The molecule has 0 spiro atoms. The number of carbonyl (C=O) groups is 1. The van der Waals surface area contributed by atoms with E-state index in [4.69, 9.17) is 0 Å². The zero-order chi connectivity index (χ0) is 13.9. The second kappa shape index (κ2) is 5.73. The fraction of sp³-hybridized carbons (Fsp3) is 0.562. The van der Waals surface area contributed by atoms with Gasteiger partial charge in [0.2, 0.25) is 5.91 Å². The molecular weight excluding hydrogens is 250 g/mol. The molecule has 1 aromatic rings. The van der Waals surface area contributed by atoms with Crippen molar-refractivity contribution in [1.29, 1.82) is 0 Å². The van der Waals surface area contributed by atoms with Crippen molar-refractivity contribution in [2.24, 2.45) is 5.92 Å². The average molecular weight is 273 g/mol. The number of hydrogen-bond acceptors (Lipinski definition) is 3. The lowest BCUT2D eigenvalue weighted by Crippen LogP contribution is -2.51. The lowest BCUT2D eigenvalue weighted by atomic mass is 9.86. The van der Waals surface area contributed by atoms with Crippen LogP contribution in [0.4, 0.5) is 11.4 Å². The fourth-order valence-electron chi connectivity index (χ4n) is 3.19. The molecule has 1 saturated carbocycles. The molecule has 0 radical (unpaired) electrons. The minimum Gasteiger partial charge on any atom is -0.381 e. The summed E-state index contributed by atoms with van der Waals surface area (Å²) >= 11 is 0. The van der Waals surface area contributed by atoms with E-state index in [1.165, 1.54) is 19.3 Å². The Morgan fingerprint density at radius 1 is 1.20 bits per heavy atom. The fourth-order valence-corrected chi connectivity index (χ4v) is 3.19. The first-order valence-corrected chi connectivity index (χ1v) is 7.64. The normalized spacial score (nSPS) is 28.8. The van der Waals surface area contributed by atoms with Crippen molar-refractivity contribution in [3.63, 3.8) is 0 Å². The molecule has 3 atom stereocenters. The minimum absolute atomic E-state index is 0.116. The Morgan fingerprint density at radius 2 is 1.95 bits per heavy atom. The smallest absolute Gasteiger partial charge is 0.244 e. The summed E-state index contributed by atoms with van der Waals surface area (Å²) in [7, 11) is 0. The van der Waals surface area contributed by atoms with Crippen LogP contribution in [0.2, 0.25) is 0 Å². The molecular formula is C16H23N3O. The Kier molecular flexibility index (Phi) is 3.81. The second-order valence-electron chi connectivity index (χ2n) is 6.00. The number of carbonyl (C=O) groups excluding carboxylic acids is 1. The number of nitrogens with one attached hydrogen (secondary N) is 3. The number of fused-ring (bicyclic) bond motifs is 1. The molecule has 1 aliphatic heterocycles. The van der Waals surface area contributed by atoms with Gasteiger partial charge in [-0.05, 0) is 30.9 Å². The first-order chi connectivity index (χ1) is 9.74. The van der Waals surface area contributed by atoms with Crippen LogP contribution in [0, 0.1) is 5.92 Å². The van der Waals surface area contributed by atoms with Crippen LogP contribution in [-0.2, 0) is 4.79 Å². The van der Waals surface area contributed by atoms with Crippen molar-refractivity contribution in [3.05, 3.63) is 24.3 Å². The van der Waals surface area contributed by atoms with E-state index in [0.29, 0.717) is 18.5 Å². The second-order valence-corrected chi connectivity index (χ2v) is 6.00. The monoisotopic (exact) mass is 273 g/mol. The third-order valence-corrected chi connectivity index (χ3v) is 4.51. The average Bonchev–Trinajstić information content (AvgIpc) is 2.49. The Labute approximate surface area is 120 Å². The molecule has 3 unspecified atom stereocenters. The van der Waals surface area contributed by atoms with Crippen LogP contribution >= 0.6 is 0 Å². The van der Waals surface area contributed by atoms with E-state index in [2.05, 4.69) is 22.9 Å². The van der Waals surface area contributed by atoms with Crippen LogP contribution in [-0.4, -0.2) is 24.5 Å². The number of rotatable bonds is 2. The number of hydrogen-bond donors (Lipinski definition) is 3. The Morgan fingerprint density at radius 3 is 2.75 bits per heavy atom. The number of para-hydroxylation sites is 2. The van der Waals surface area contributed by atoms with E-state index < -0.39 is 0 Å². The van der Waals surface area contributed by atoms with Gasteiger partial charge >= 0.3 is 0 Å². The predicted octanol–water partition coefficient (Wildman–Crippen LogP) is 2.59. The molecule has 20 heavy (non-hydrogen) atoms. The molecule has 1 amide bonds. The van der Waals surface area contributed by atoms with Gasteiger partial charge in [0.25, 0.3) is 0 Å². The summed E-state index contributed by atoms with van der Waals surface area (Å²) in [6, 6.07) is 8.17. The molecule has 0 saturated heterocycles. The molecule has 3 rings (SSSR count). The molecule has 1 aromatic carbocycles. The quantitative estimate of drug-likeness (QED) is 0.776. The highest BCUT2D eigenvalue weighted by molar-refractivity contribution is 5.88. The van der Waals surface area contributed by atoms with Gasteiger partial charge in [-0.15, -0.1) is 0 Å². The van der Waals surface area contributed by atoms with Crippen LogP contribution in [0.3, 0.4) is 0 Å². The first-order valence-electron chi connectivity index (χ1n) is 7.64. The van der Waals surface area contributed by atoms with Crippen LogP contribution in [0.15, 0.2) is 24.3 Å². The standard InChI is InChI=1S/C16H23N3O/c1-11-6-2-3-7-12(11)19-16(20)15-10-17-13-8-4-5-9-14(13)18-15/h4-5,8-9,11-12,15,17-18H,2-3,6-7,10H2,1H3,(H,19,20). The van der Waals surface area contributed by atoms with E-state index in [0.717, 1.165) is 17.8 Å². The maximum Gasteiger partial charge on any atom is 0.244 e. The van der Waals surface area contributed by atoms with E-state index >= 15 is 0 Å². The minimum atomic E-state index is -0.181. The highest BCUT2D eigenvalue weighted by Crippen LogP contribution is 2.26. The SMILES string of the molecule is CC1CCCCC1NC(=O)C1CNc2ccccc2N1. The molecule has 3 N–H and O–H groups in total. The number of benzene rings is 1. The largest absolute Gasteiger partial charge is 0.381 e. The van der Waals surface area contributed by atoms with Gasteiger partial charge in [0.05, 0.1) is 11.4 Å². The molecule has 108 valence electrons. The summed E-state index contributed by atoms with van der Waals surface area (Å²) in [4.78, 5) is 12.4.